The largest absolute Gasteiger partial charge is 0.360 e. The van der Waals surface area contributed by atoms with Crippen molar-refractivity contribution >= 4 is 23.2 Å². The van der Waals surface area contributed by atoms with Crippen molar-refractivity contribution in [1.29, 1.82) is 0 Å². The molecule has 5 heteroatoms. The lowest BCUT2D eigenvalue weighted by Gasteiger charge is -2.35. The number of halogens is 1. The van der Waals surface area contributed by atoms with Crippen molar-refractivity contribution in [3.8, 4) is 0 Å². The Morgan fingerprint density at radius 3 is 2.68 bits per heavy atom. The van der Waals surface area contributed by atoms with Crippen LogP contribution >= 0.6 is 11.6 Å². The molecule has 0 radical (unpaired) electrons. The molecule has 1 aromatic carbocycles. The lowest BCUT2D eigenvalue weighted by molar-refractivity contribution is -0.914. The van der Waals surface area contributed by atoms with Gasteiger partial charge in [0.1, 0.15) is 0 Å². The van der Waals surface area contributed by atoms with E-state index < -0.39 is 0 Å². The van der Waals surface area contributed by atoms with E-state index in [0.717, 1.165) is 31.2 Å². The third-order valence-corrected chi connectivity index (χ3v) is 4.07. The Balaban J connectivity index is 1.94. The minimum absolute atomic E-state index is 0.0199. The Labute approximate surface area is 119 Å². The van der Waals surface area contributed by atoms with Crippen LogP contribution < -0.4 is 15.1 Å². The van der Waals surface area contributed by atoms with Gasteiger partial charge in [-0.15, -0.1) is 0 Å². The Kier molecular flexibility index (Phi) is 4.66. The molecule has 104 valence electrons. The van der Waals surface area contributed by atoms with Crippen LogP contribution in [0.2, 0.25) is 5.02 Å². The highest BCUT2D eigenvalue weighted by molar-refractivity contribution is 6.30. The molecular formula is C14H21ClN3O+. The summed E-state index contributed by atoms with van der Waals surface area (Å²) < 4.78 is 0. The number of likely N-dealkylation sites (N-methyl/N-ethyl adjacent to an activating group) is 1. The first kappa shape index (κ1) is 14.2. The number of benzene rings is 1. The number of amides is 1. The van der Waals surface area contributed by atoms with Crippen molar-refractivity contribution in [2.45, 2.75) is 13.0 Å². The van der Waals surface area contributed by atoms with Gasteiger partial charge in [-0.1, -0.05) is 17.7 Å². The van der Waals surface area contributed by atoms with Gasteiger partial charge in [-0.2, -0.15) is 0 Å². The van der Waals surface area contributed by atoms with Crippen LogP contribution in [0.1, 0.15) is 6.92 Å². The first-order chi connectivity index (χ1) is 9.11. The van der Waals surface area contributed by atoms with Crippen LogP contribution in [0.4, 0.5) is 5.69 Å². The highest BCUT2D eigenvalue weighted by atomic mass is 35.5. The van der Waals surface area contributed by atoms with Gasteiger partial charge >= 0.3 is 0 Å². The summed E-state index contributed by atoms with van der Waals surface area (Å²) in [7, 11) is 1.69. The Morgan fingerprint density at radius 1 is 1.42 bits per heavy atom. The standard InChI is InChI=1S/C14H20ClN3O/c1-11(14(19)16-2)17-6-8-18(9-7-17)13-5-3-4-12(15)10-13/h3-5,10-11H,6-9H2,1-2H3,(H,16,19)/p+1/t11-/m1/s1. The van der Waals surface area contributed by atoms with E-state index in [1.807, 2.05) is 25.1 Å². The molecule has 0 aliphatic carbocycles. The predicted octanol–water partition coefficient (Wildman–Crippen LogP) is 0.179. The van der Waals surface area contributed by atoms with Gasteiger partial charge in [-0.3, -0.25) is 4.79 Å². The minimum Gasteiger partial charge on any atom is -0.360 e. The highest BCUT2D eigenvalue weighted by Gasteiger charge is 2.28. The van der Waals surface area contributed by atoms with E-state index in [0.29, 0.717) is 0 Å². The molecule has 1 fully saturated rings. The van der Waals surface area contributed by atoms with Crippen LogP contribution in [0, 0.1) is 0 Å². The number of nitrogens with zero attached hydrogens (tertiary/aromatic N) is 1. The summed E-state index contributed by atoms with van der Waals surface area (Å²) in [5.74, 6) is 0.117. The maximum absolute atomic E-state index is 11.6. The van der Waals surface area contributed by atoms with Crippen molar-refractivity contribution in [2.24, 2.45) is 0 Å². The summed E-state index contributed by atoms with van der Waals surface area (Å²) in [5.41, 5.74) is 1.17. The number of nitrogens with one attached hydrogen (secondary N) is 2. The van der Waals surface area contributed by atoms with E-state index >= 15 is 0 Å². The van der Waals surface area contributed by atoms with Crippen molar-refractivity contribution in [3.63, 3.8) is 0 Å². The molecule has 1 aromatic rings. The van der Waals surface area contributed by atoms with Gasteiger partial charge in [0.05, 0.1) is 26.2 Å². The van der Waals surface area contributed by atoms with Gasteiger partial charge in [0.15, 0.2) is 6.04 Å². The lowest BCUT2D eigenvalue weighted by Crippen LogP contribution is -3.19. The first-order valence-corrected chi connectivity index (χ1v) is 7.06. The van der Waals surface area contributed by atoms with Crippen LogP contribution in [0.5, 0.6) is 0 Å². The summed E-state index contributed by atoms with van der Waals surface area (Å²) in [6, 6.07) is 7.96. The van der Waals surface area contributed by atoms with E-state index in [9.17, 15) is 4.79 Å². The van der Waals surface area contributed by atoms with E-state index in [1.54, 1.807) is 7.05 Å². The van der Waals surface area contributed by atoms with Crippen molar-refractivity contribution in [1.82, 2.24) is 5.32 Å². The number of carbonyl (C=O) groups excluding carboxylic acids is 1. The van der Waals surface area contributed by atoms with E-state index in [-0.39, 0.29) is 11.9 Å². The molecule has 0 bridgehead atoms. The van der Waals surface area contributed by atoms with Gasteiger partial charge in [0.25, 0.3) is 5.91 Å². The summed E-state index contributed by atoms with van der Waals surface area (Å²) in [5, 5.41) is 3.49. The first-order valence-electron chi connectivity index (χ1n) is 6.68. The topological polar surface area (TPSA) is 36.8 Å². The highest BCUT2D eigenvalue weighted by Crippen LogP contribution is 2.19. The SMILES string of the molecule is CNC(=O)[C@@H](C)[NH+]1CCN(c2cccc(Cl)c2)CC1. The third kappa shape index (κ3) is 3.39. The fourth-order valence-corrected chi connectivity index (χ4v) is 2.74. The molecule has 1 saturated heterocycles. The smallest absolute Gasteiger partial charge is 0.277 e. The number of carbonyl (C=O) groups is 1. The average molecular weight is 283 g/mol. The number of rotatable bonds is 3. The van der Waals surface area contributed by atoms with Crippen LogP contribution in [0.25, 0.3) is 0 Å². The molecule has 19 heavy (non-hydrogen) atoms. The molecule has 1 aliphatic heterocycles. The second kappa shape index (κ2) is 6.26. The number of piperazine rings is 1. The maximum atomic E-state index is 11.6. The third-order valence-electron chi connectivity index (χ3n) is 3.83. The van der Waals surface area contributed by atoms with Gasteiger partial charge in [0.2, 0.25) is 0 Å². The van der Waals surface area contributed by atoms with Crippen LogP contribution in [-0.4, -0.2) is 45.2 Å². The van der Waals surface area contributed by atoms with E-state index in [1.165, 1.54) is 10.6 Å². The molecule has 1 heterocycles. The van der Waals surface area contributed by atoms with Gasteiger partial charge in [0, 0.05) is 17.8 Å². The van der Waals surface area contributed by atoms with Crippen LogP contribution in [0.3, 0.4) is 0 Å². The Morgan fingerprint density at radius 2 is 2.11 bits per heavy atom. The molecule has 2 N–H and O–H groups in total. The van der Waals surface area contributed by atoms with Crippen molar-refractivity contribution < 1.29 is 9.69 Å². The molecule has 0 unspecified atom stereocenters. The molecule has 0 spiro atoms. The Bertz CT molecular complexity index is 444. The summed E-state index contributed by atoms with van der Waals surface area (Å²) in [6.07, 6.45) is 0. The second-order valence-electron chi connectivity index (χ2n) is 4.96. The quantitative estimate of drug-likeness (QED) is 0.830. The lowest BCUT2D eigenvalue weighted by atomic mass is 10.2. The molecule has 1 aliphatic rings. The molecule has 0 saturated carbocycles. The summed E-state index contributed by atoms with van der Waals surface area (Å²) in [4.78, 5) is 15.3. The zero-order chi connectivity index (χ0) is 13.8. The Hall–Kier alpha value is -1.26. The molecule has 2 rings (SSSR count). The monoisotopic (exact) mass is 282 g/mol. The second-order valence-corrected chi connectivity index (χ2v) is 5.40. The molecule has 1 amide bonds. The number of hydrogen-bond acceptors (Lipinski definition) is 2. The van der Waals surface area contributed by atoms with Crippen LogP contribution in [0.15, 0.2) is 24.3 Å². The normalized spacial score (nSPS) is 18.2. The van der Waals surface area contributed by atoms with E-state index in [2.05, 4.69) is 16.3 Å². The minimum atomic E-state index is 0.0199. The number of hydrogen-bond donors (Lipinski definition) is 2. The molecular weight excluding hydrogens is 262 g/mol. The van der Waals surface area contributed by atoms with Gasteiger partial charge in [-0.05, 0) is 25.1 Å². The predicted molar refractivity (Wildman–Crippen MR) is 77.9 cm³/mol. The van der Waals surface area contributed by atoms with Crippen molar-refractivity contribution in [2.75, 3.05) is 38.1 Å². The van der Waals surface area contributed by atoms with Gasteiger partial charge in [-0.25, -0.2) is 0 Å². The zero-order valence-electron chi connectivity index (χ0n) is 11.4. The van der Waals surface area contributed by atoms with Crippen LogP contribution in [-0.2, 0) is 4.79 Å². The molecule has 4 nitrogen and oxygen atoms in total. The summed E-state index contributed by atoms with van der Waals surface area (Å²) in [6.45, 7) is 5.85. The maximum Gasteiger partial charge on any atom is 0.277 e. The fraction of sp³-hybridized carbons (Fsp3) is 0.500. The molecule has 0 aromatic heterocycles. The number of anilines is 1. The van der Waals surface area contributed by atoms with Crippen molar-refractivity contribution in [3.05, 3.63) is 29.3 Å². The summed E-state index contributed by atoms with van der Waals surface area (Å²) >= 11 is 6.02. The fourth-order valence-electron chi connectivity index (χ4n) is 2.56. The zero-order valence-corrected chi connectivity index (χ0v) is 12.2. The molecule has 1 atom stereocenters. The average Bonchev–Trinajstić information content (AvgIpc) is 2.46. The van der Waals surface area contributed by atoms with Gasteiger partial charge < -0.3 is 15.1 Å². The number of quaternary nitrogens is 1. The van der Waals surface area contributed by atoms with E-state index in [4.69, 9.17) is 11.6 Å².